The molecular weight excluding hydrogens is 309 g/mol. The largest absolute Gasteiger partial charge is 0.478 e. The first-order chi connectivity index (χ1) is 10.3. The van der Waals surface area contributed by atoms with Crippen molar-refractivity contribution in [2.45, 2.75) is 18.2 Å². The Bertz CT molecular complexity index is 818. The molecule has 2 aromatic rings. The average Bonchev–Trinajstić information content (AvgIpc) is 2.46. The van der Waals surface area contributed by atoms with E-state index < -0.39 is 27.4 Å². The van der Waals surface area contributed by atoms with Gasteiger partial charge in [-0.3, -0.25) is 4.72 Å². The molecule has 0 amide bonds. The number of carbonyl (C=O) groups is 1. The normalized spacial score (nSPS) is 11.2. The molecule has 0 unspecified atom stereocenters. The van der Waals surface area contributed by atoms with Crippen LogP contribution in [0, 0.1) is 5.82 Å². The number of carboxylic acids is 1. The van der Waals surface area contributed by atoms with Gasteiger partial charge in [-0.05, 0) is 42.3 Å². The van der Waals surface area contributed by atoms with Gasteiger partial charge in [-0.15, -0.1) is 0 Å². The van der Waals surface area contributed by atoms with Gasteiger partial charge in [0.05, 0.1) is 10.5 Å². The summed E-state index contributed by atoms with van der Waals surface area (Å²) in [6.45, 7) is 1.94. The van der Waals surface area contributed by atoms with Gasteiger partial charge in [0.1, 0.15) is 5.82 Å². The van der Waals surface area contributed by atoms with E-state index in [9.17, 15) is 17.6 Å². The highest BCUT2D eigenvalue weighted by Crippen LogP contribution is 2.20. The maximum atomic E-state index is 13.3. The average molecular weight is 323 g/mol. The first-order valence-corrected chi connectivity index (χ1v) is 7.96. The van der Waals surface area contributed by atoms with Gasteiger partial charge < -0.3 is 5.11 Å². The van der Waals surface area contributed by atoms with E-state index in [0.29, 0.717) is 5.69 Å². The van der Waals surface area contributed by atoms with E-state index in [-0.39, 0.29) is 4.90 Å². The smallest absolute Gasteiger partial charge is 0.338 e. The lowest BCUT2D eigenvalue weighted by molar-refractivity contribution is 0.0691. The Labute approximate surface area is 127 Å². The zero-order valence-corrected chi connectivity index (χ0v) is 12.5. The summed E-state index contributed by atoms with van der Waals surface area (Å²) >= 11 is 0. The van der Waals surface area contributed by atoms with Crippen LogP contribution in [0.2, 0.25) is 0 Å². The van der Waals surface area contributed by atoms with Crippen LogP contribution in [0.5, 0.6) is 0 Å². The van der Waals surface area contributed by atoms with E-state index in [4.69, 9.17) is 5.11 Å². The first kappa shape index (κ1) is 16.0. The molecule has 5 nitrogen and oxygen atoms in total. The van der Waals surface area contributed by atoms with E-state index in [0.717, 1.165) is 30.2 Å². The number of sulfonamides is 1. The van der Waals surface area contributed by atoms with Crippen molar-refractivity contribution in [3.63, 3.8) is 0 Å². The number of hydrogen-bond acceptors (Lipinski definition) is 3. The van der Waals surface area contributed by atoms with Gasteiger partial charge in [-0.1, -0.05) is 19.1 Å². The number of anilines is 1. The highest BCUT2D eigenvalue weighted by molar-refractivity contribution is 7.92. The molecule has 0 aliphatic carbocycles. The van der Waals surface area contributed by atoms with Gasteiger partial charge >= 0.3 is 5.97 Å². The topological polar surface area (TPSA) is 83.5 Å². The van der Waals surface area contributed by atoms with E-state index in [2.05, 4.69) is 4.72 Å². The molecule has 22 heavy (non-hydrogen) atoms. The number of aromatic carboxylic acids is 1. The maximum absolute atomic E-state index is 13.3. The number of benzene rings is 2. The third-order valence-corrected chi connectivity index (χ3v) is 4.44. The van der Waals surface area contributed by atoms with Gasteiger partial charge in [0.25, 0.3) is 10.0 Å². The monoisotopic (exact) mass is 323 g/mol. The molecule has 0 atom stereocenters. The summed E-state index contributed by atoms with van der Waals surface area (Å²) < 4.78 is 40.2. The Balaban J connectivity index is 2.38. The minimum atomic E-state index is -3.99. The van der Waals surface area contributed by atoms with Crippen LogP contribution in [0.3, 0.4) is 0 Å². The predicted octanol–water partition coefficient (Wildman–Crippen LogP) is 2.89. The number of nitrogens with one attached hydrogen (secondary N) is 1. The Morgan fingerprint density at radius 1 is 1.23 bits per heavy atom. The van der Waals surface area contributed by atoms with Crippen LogP contribution in [-0.4, -0.2) is 19.5 Å². The number of hydrogen-bond donors (Lipinski definition) is 2. The van der Waals surface area contributed by atoms with Crippen molar-refractivity contribution in [1.29, 1.82) is 0 Å². The van der Waals surface area contributed by atoms with Crippen LogP contribution >= 0.6 is 0 Å². The highest BCUT2D eigenvalue weighted by Gasteiger charge is 2.19. The molecule has 7 heteroatoms. The molecule has 0 saturated heterocycles. The quantitative estimate of drug-likeness (QED) is 0.886. The Hall–Kier alpha value is -2.41. The first-order valence-electron chi connectivity index (χ1n) is 6.48. The van der Waals surface area contributed by atoms with Crippen LogP contribution in [0.15, 0.2) is 47.4 Å². The molecular formula is C15H14FNO4S. The second kappa shape index (κ2) is 6.15. The summed E-state index contributed by atoms with van der Waals surface area (Å²) in [4.78, 5) is 10.6. The lowest BCUT2D eigenvalue weighted by atomic mass is 10.1. The molecule has 0 heterocycles. The molecule has 2 rings (SSSR count). The molecule has 0 saturated carbocycles. The summed E-state index contributed by atoms with van der Waals surface area (Å²) in [6, 6.07) is 9.47. The highest BCUT2D eigenvalue weighted by atomic mass is 32.2. The molecule has 0 aromatic heterocycles. The van der Waals surface area contributed by atoms with Crippen molar-refractivity contribution in [2.75, 3.05) is 4.72 Å². The van der Waals surface area contributed by atoms with E-state index in [1.165, 1.54) is 0 Å². The molecule has 0 aliphatic heterocycles. The number of aryl methyl sites for hydroxylation is 1. The van der Waals surface area contributed by atoms with Gasteiger partial charge in [-0.2, -0.15) is 0 Å². The van der Waals surface area contributed by atoms with Crippen molar-refractivity contribution in [1.82, 2.24) is 0 Å². The second-order valence-corrected chi connectivity index (χ2v) is 6.29. The van der Waals surface area contributed by atoms with Gasteiger partial charge in [0, 0.05) is 5.69 Å². The van der Waals surface area contributed by atoms with Crippen LogP contribution in [-0.2, 0) is 16.4 Å². The van der Waals surface area contributed by atoms with Crippen molar-refractivity contribution in [3.8, 4) is 0 Å². The Morgan fingerprint density at radius 2 is 1.95 bits per heavy atom. The summed E-state index contributed by atoms with van der Waals surface area (Å²) in [5, 5.41) is 8.86. The fraction of sp³-hybridized carbons (Fsp3) is 0.133. The molecule has 2 N–H and O–H groups in total. The molecule has 0 spiro atoms. The number of rotatable bonds is 5. The SMILES string of the molecule is CCc1cccc(NS(=O)(=O)c2ccc(F)c(C(=O)O)c2)c1. The van der Waals surface area contributed by atoms with Crippen molar-refractivity contribution in [2.24, 2.45) is 0 Å². The Morgan fingerprint density at radius 3 is 2.59 bits per heavy atom. The zero-order chi connectivity index (χ0) is 16.3. The zero-order valence-electron chi connectivity index (χ0n) is 11.7. The van der Waals surface area contributed by atoms with Crippen molar-refractivity contribution >= 4 is 21.7 Å². The van der Waals surface area contributed by atoms with Crippen molar-refractivity contribution < 1.29 is 22.7 Å². The number of halogens is 1. The summed E-state index contributed by atoms with van der Waals surface area (Å²) in [6.07, 6.45) is 0.745. The molecule has 0 fully saturated rings. The van der Waals surface area contributed by atoms with E-state index in [1.54, 1.807) is 18.2 Å². The standard InChI is InChI=1S/C15H14FNO4S/c1-2-10-4-3-5-11(8-10)17-22(20,21)12-6-7-14(16)13(9-12)15(18)19/h3-9,17H,2H2,1H3,(H,18,19). The maximum Gasteiger partial charge on any atom is 0.338 e. The molecule has 116 valence electrons. The molecule has 0 radical (unpaired) electrons. The van der Waals surface area contributed by atoms with E-state index >= 15 is 0 Å². The minimum Gasteiger partial charge on any atom is -0.478 e. The van der Waals surface area contributed by atoms with Crippen LogP contribution < -0.4 is 4.72 Å². The fourth-order valence-corrected chi connectivity index (χ4v) is 2.98. The van der Waals surface area contributed by atoms with Crippen molar-refractivity contribution in [3.05, 3.63) is 59.4 Å². The lowest BCUT2D eigenvalue weighted by Crippen LogP contribution is -2.14. The van der Waals surface area contributed by atoms with Gasteiger partial charge in [-0.25, -0.2) is 17.6 Å². The minimum absolute atomic E-state index is 0.312. The van der Waals surface area contributed by atoms with Crippen LogP contribution in [0.25, 0.3) is 0 Å². The van der Waals surface area contributed by atoms with E-state index in [1.807, 2.05) is 13.0 Å². The third kappa shape index (κ3) is 3.43. The summed E-state index contributed by atoms with van der Waals surface area (Å²) in [7, 11) is -3.99. The predicted molar refractivity (Wildman–Crippen MR) is 80.0 cm³/mol. The number of carboxylic acid groups (broad SMARTS) is 1. The molecule has 0 aliphatic rings. The molecule has 2 aromatic carbocycles. The Kier molecular flexibility index (Phi) is 4.46. The summed E-state index contributed by atoms with van der Waals surface area (Å²) in [5.74, 6) is -2.51. The fourth-order valence-electron chi connectivity index (χ4n) is 1.90. The van der Waals surface area contributed by atoms with Gasteiger partial charge in [0.15, 0.2) is 0 Å². The lowest BCUT2D eigenvalue weighted by Gasteiger charge is -2.10. The third-order valence-electron chi connectivity index (χ3n) is 3.07. The summed E-state index contributed by atoms with van der Waals surface area (Å²) in [5.41, 5.74) is 0.622. The van der Waals surface area contributed by atoms with Gasteiger partial charge in [0.2, 0.25) is 0 Å². The van der Waals surface area contributed by atoms with Crippen LogP contribution in [0.4, 0.5) is 10.1 Å². The second-order valence-electron chi connectivity index (χ2n) is 4.61. The molecule has 0 bridgehead atoms. The van der Waals surface area contributed by atoms with Crippen LogP contribution in [0.1, 0.15) is 22.8 Å².